The maximum atomic E-state index is 11.4. The quantitative estimate of drug-likeness (QED) is 0.863. The third-order valence-electron chi connectivity index (χ3n) is 2.87. The lowest BCUT2D eigenvalue weighted by Crippen LogP contribution is -2.27. The van der Waals surface area contributed by atoms with E-state index >= 15 is 0 Å². The lowest BCUT2D eigenvalue weighted by atomic mass is 10.2. The van der Waals surface area contributed by atoms with E-state index in [0.717, 1.165) is 15.8 Å². The van der Waals surface area contributed by atoms with Crippen LogP contribution in [0.2, 0.25) is 0 Å². The van der Waals surface area contributed by atoms with Gasteiger partial charge in [0.05, 0.1) is 12.5 Å². The predicted octanol–water partition coefficient (Wildman–Crippen LogP) is 2.28. The number of aromatic nitrogens is 2. The Labute approximate surface area is 109 Å². The van der Waals surface area contributed by atoms with E-state index in [1.165, 1.54) is 18.3 Å². The summed E-state index contributed by atoms with van der Waals surface area (Å²) in [7, 11) is 1.37. The van der Waals surface area contributed by atoms with E-state index in [0.29, 0.717) is 5.82 Å². The average molecular weight is 265 g/mol. The van der Waals surface area contributed by atoms with Crippen molar-refractivity contribution in [2.75, 3.05) is 12.4 Å². The van der Waals surface area contributed by atoms with Crippen LogP contribution in [0, 0.1) is 13.8 Å². The van der Waals surface area contributed by atoms with Crippen LogP contribution >= 0.6 is 11.3 Å². The SMILES string of the molecule is COC(=O)[C@@H](C)Nc1ncnc2sc(C)c(C)c12. The number of ether oxygens (including phenoxy) is 1. The van der Waals surface area contributed by atoms with Gasteiger partial charge in [0.2, 0.25) is 0 Å². The number of aryl methyl sites for hydroxylation is 2. The number of thiophene rings is 1. The van der Waals surface area contributed by atoms with E-state index < -0.39 is 6.04 Å². The predicted molar refractivity (Wildman–Crippen MR) is 72.0 cm³/mol. The van der Waals surface area contributed by atoms with Crippen LogP contribution in [0.5, 0.6) is 0 Å². The van der Waals surface area contributed by atoms with E-state index in [9.17, 15) is 4.79 Å². The molecule has 0 bridgehead atoms. The van der Waals surface area contributed by atoms with Crippen molar-refractivity contribution in [1.29, 1.82) is 0 Å². The highest BCUT2D eigenvalue weighted by molar-refractivity contribution is 7.18. The van der Waals surface area contributed by atoms with Crippen molar-refractivity contribution in [3.05, 3.63) is 16.8 Å². The van der Waals surface area contributed by atoms with Gasteiger partial charge >= 0.3 is 5.97 Å². The zero-order chi connectivity index (χ0) is 13.3. The zero-order valence-electron chi connectivity index (χ0n) is 10.8. The highest BCUT2D eigenvalue weighted by Crippen LogP contribution is 2.32. The van der Waals surface area contributed by atoms with Gasteiger partial charge in [-0.2, -0.15) is 0 Å². The molecule has 0 unspecified atom stereocenters. The fourth-order valence-corrected chi connectivity index (χ4v) is 2.73. The Bertz CT molecular complexity index is 594. The molecule has 0 amide bonds. The van der Waals surface area contributed by atoms with Gasteiger partial charge < -0.3 is 10.1 Å². The van der Waals surface area contributed by atoms with Gasteiger partial charge in [-0.15, -0.1) is 11.3 Å². The first-order valence-electron chi connectivity index (χ1n) is 5.59. The number of hydrogen-bond donors (Lipinski definition) is 1. The van der Waals surface area contributed by atoms with Crippen LogP contribution in [-0.2, 0) is 9.53 Å². The molecule has 2 aromatic rings. The van der Waals surface area contributed by atoms with E-state index in [2.05, 4.69) is 26.9 Å². The van der Waals surface area contributed by atoms with Crippen molar-refractivity contribution >= 4 is 33.3 Å². The minimum Gasteiger partial charge on any atom is -0.467 e. The van der Waals surface area contributed by atoms with E-state index in [1.54, 1.807) is 18.3 Å². The second-order valence-corrected chi connectivity index (χ2v) is 5.28. The molecule has 5 nitrogen and oxygen atoms in total. The number of fused-ring (bicyclic) bond motifs is 1. The molecule has 0 aromatic carbocycles. The molecule has 2 rings (SSSR count). The molecule has 0 fully saturated rings. The average Bonchev–Trinajstić information content (AvgIpc) is 2.65. The van der Waals surface area contributed by atoms with Gasteiger partial charge in [0.15, 0.2) is 0 Å². The maximum Gasteiger partial charge on any atom is 0.328 e. The molecular formula is C12H15N3O2S. The van der Waals surface area contributed by atoms with E-state index in [-0.39, 0.29) is 5.97 Å². The smallest absolute Gasteiger partial charge is 0.328 e. The summed E-state index contributed by atoms with van der Waals surface area (Å²) in [6.07, 6.45) is 1.50. The van der Waals surface area contributed by atoms with Crippen LogP contribution in [0.3, 0.4) is 0 Å². The van der Waals surface area contributed by atoms with Gasteiger partial charge in [-0.25, -0.2) is 14.8 Å². The molecule has 0 saturated carbocycles. The van der Waals surface area contributed by atoms with Crippen LogP contribution in [0.15, 0.2) is 6.33 Å². The molecule has 18 heavy (non-hydrogen) atoms. The second-order valence-electron chi connectivity index (χ2n) is 4.07. The lowest BCUT2D eigenvalue weighted by Gasteiger charge is -2.12. The summed E-state index contributed by atoms with van der Waals surface area (Å²) in [5, 5.41) is 4.05. The fraction of sp³-hybridized carbons (Fsp3) is 0.417. The van der Waals surface area contributed by atoms with Gasteiger partial charge in [0, 0.05) is 4.88 Å². The molecule has 0 aliphatic carbocycles. The largest absolute Gasteiger partial charge is 0.467 e. The number of methoxy groups -OCH3 is 1. The maximum absolute atomic E-state index is 11.4. The first-order valence-corrected chi connectivity index (χ1v) is 6.41. The Morgan fingerprint density at radius 3 is 2.83 bits per heavy atom. The van der Waals surface area contributed by atoms with Crippen molar-refractivity contribution < 1.29 is 9.53 Å². The first kappa shape index (κ1) is 12.8. The molecule has 0 spiro atoms. The minimum atomic E-state index is -0.437. The molecule has 0 saturated heterocycles. The summed E-state index contributed by atoms with van der Waals surface area (Å²) >= 11 is 1.63. The summed E-state index contributed by atoms with van der Waals surface area (Å²) in [6.45, 7) is 5.83. The highest BCUT2D eigenvalue weighted by atomic mass is 32.1. The Morgan fingerprint density at radius 1 is 1.44 bits per heavy atom. The van der Waals surface area contributed by atoms with Gasteiger partial charge in [-0.1, -0.05) is 0 Å². The Morgan fingerprint density at radius 2 is 2.17 bits per heavy atom. The number of carbonyl (C=O) groups excluding carboxylic acids is 1. The Kier molecular flexibility index (Phi) is 3.47. The fourth-order valence-electron chi connectivity index (χ4n) is 1.73. The molecular weight excluding hydrogens is 250 g/mol. The summed E-state index contributed by atoms with van der Waals surface area (Å²) in [6, 6.07) is -0.437. The Balaban J connectivity index is 2.42. The summed E-state index contributed by atoms with van der Waals surface area (Å²) in [5.41, 5.74) is 1.15. The molecule has 1 atom stereocenters. The molecule has 2 heterocycles. The van der Waals surface area contributed by atoms with Gasteiger partial charge in [0.1, 0.15) is 23.0 Å². The number of anilines is 1. The number of nitrogens with zero attached hydrogens (tertiary/aromatic N) is 2. The lowest BCUT2D eigenvalue weighted by molar-refractivity contribution is -0.141. The molecule has 1 N–H and O–H groups in total. The standard InChI is InChI=1S/C12H15N3O2S/c1-6-8(3)18-11-9(6)10(13-5-14-11)15-7(2)12(16)17-4/h5,7H,1-4H3,(H,13,14,15)/t7-/m1/s1. The highest BCUT2D eigenvalue weighted by Gasteiger charge is 2.17. The first-order chi connectivity index (χ1) is 8.54. The third-order valence-corrected chi connectivity index (χ3v) is 3.99. The van der Waals surface area contributed by atoms with Crippen LogP contribution < -0.4 is 5.32 Å². The van der Waals surface area contributed by atoms with Crippen LogP contribution in [0.1, 0.15) is 17.4 Å². The minimum absolute atomic E-state index is 0.314. The van der Waals surface area contributed by atoms with Crippen LogP contribution in [-0.4, -0.2) is 29.1 Å². The van der Waals surface area contributed by atoms with Crippen molar-refractivity contribution in [2.45, 2.75) is 26.8 Å². The monoisotopic (exact) mass is 265 g/mol. The number of esters is 1. The molecule has 96 valence electrons. The molecule has 0 aliphatic heterocycles. The normalized spacial score (nSPS) is 12.4. The van der Waals surface area contributed by atoms with Gasteiger partial charge in [-0.05, 0) is 26.3 Å². The van der Waals surface area contributed by atoms with Crippen molar-refractivity contribution in [3.8, 4) is 0 Å². The van der Waals surface area contributed by atoms with E-state index in [1.807, 2.05) is 6.92 Å². The number of hydrogen-bond acceptors (Lipinski definition) is 6. The van der Waals surface area contributed by atoms with Crippen LogP contribution in [0.25, 0.3) is 10.2 Å². The molecule has 6 heteroatoms. The molecule has 0 aliphatic rings. The Hall–Kier alpha value is -1.69. The van der Waals surface area contributed by atoms with Gasteiger partial charge in [-0.3, -0.25) is 0 Å². The number of nitrogens with one attached hydrogen (secondary N) is 1. The summed E-state index contributed by atoms with van der Waals surface area (Å²) in [4.78, 5) is 22.0. The number of carbonyl (C=O) groups is 1. The summed E-state index contributed by atoms with van der Waals surface area (Å²) < 4.78 is 4.69. The topological polar surface area (TPSA) is 64.1 Å². The number of rotatable bonds is 3. The second kappa shape index (κ2) is 4.89. The third kappa shape index (κ3) is 2.15. The summed E-state index contributed by atoms with van der Waals surface area (Å²) in [5.74, 6) is 0.367. The van der Waals surface area contributed by atoms with Crippen molar-refractivity contribution in [1.82, 2.24) is 9.97 Å². The molecule has 2 aromatic heterocycles. The molecule has 0 radical (unpaired) electrons. The van der Waals surface area contributed by atoms with Gasteiger partial charge in [0.25, 0.3) is 0 Å². The van der Waals surface area contributed by atoms with Crippen molar-refractivity contribution in [3.63, 3.8) is 0 Å². The van der Waals surface area contributed by atoms with E-state index in [4.69, 9.17) is 0 Å². The van der Waals surface area contributed by atoms with Crippen LogP contribution in [0.4, 0.5) is 5.82 Å². The zero-order valence-corrected chi connectivity index (χ0v) is 11.6. The van der Waals surface area contributed by atoms with Crippen molar-refractivity contribution in [2.24, 2.45) is 0 Å².